The van der Waals surface area contributed by atoms with Crippen LogP contribution in [0, 0.1) is 5.92 Å². The number of hydrogen-bond donors (Lipinski definition) is 1. The number of ether oxygens (including phenoxy) is 1. The maximum absolute atomic E-state index is 12.6. The molecule has 0 aromatic carbocycles. The van der Waals surface area contributed by atoms with Crippen molar-refractivity contribution in [2.24, 2.45) is 5.92 Å². The van der Waals surface area contributed by atoms with Gasteiger partial charge in [-0.15, -0.1) is 0 Å². The van der Waals surface area contributed by atoms with Crippen LogP contribution in [0.4, 0.5) is 87.8 Å². The standard InChI is InChI=1S/C8F14O3.C4H2F6O2/c9-3(10,5(13,14)7(17,18)19)1(23)25-2(24)4(11,12)6(15,16)8(20,21)22;5-3(6,7)1(2(11)12)4(8,9)10/h;1H,(H,11,12). The summed E-state index contributed by atoms with van der Waals surface area (Å²) < 4.78 is 240. The number of carboxylic acids is 1. The number of alkyl halides is 20. The molecular formula is C12H2F20O5. The molecule has 0 aliphatic carbocycles. The van der Waals surface area contributed by atoms with Crippen molar-refractivity contribution in [1.82, 2.24) is 0 Å². The first-order chi connectivity index (χ1) is 15.6. The van der Waals surface area contributed by atoms with Crippen molar-refractivity contribution in [2.45, 2.75) is 48.4 Å². The summed E-state index contributed by atoms with van der Waals surface area (Å²) in [6.45, 7) is 0. The molecule has 1 N–H and O–H groups in total. The Morgan fingerprint density at radius 3 is 0.811 bits per heavy atom. The second-order valence-electron chi connectivity index (χ2n) is 5.82. The molecule has 0 aliphatic heterocycles. The van der Waals surface area contributed by atoms with Crippen molar-refractivity contribution in [3.8, 4) is 0 Å². The minimum Gasteiger partial charge on any atom is -0.481 e. The van der Waals surface area contributed by atoms with Crippen molar-refractivity contribution < 1.29 is 112 Å². The number of halogens is 20. The number of aliphatic carboxylic acids is 1. The third kappa shape index (κ3) is 7.61. The van der Waals surface area contributed by atoms with E-state index in [0.29, 0.717) is 0 Å². The number of esters is 2. The molecule has 0 saturated heterocycles. The van der Waals surface area contributed by atoms with E-state index >= 15 is 0 Å². The second kappa shape index (κ2) is 10.2. The lowest BCUT2D eigenvalue weighted by molar-refractivity contribution is -0.354. The number of carbonyl (C=O) groups is 3. The van der Waals surface area contributed by atoms with E-state index in [1.54, 1.807) is 0 Å². The molecule has 0 unspecified atom stereocenters. The van der Waals surface area contributed by atoms with E-state index in [2.05, 4.69) is 0 Å². The van der Waals surface area contributed by atoms with Gasteiger partial charge in [0.05, 0.1) is 0 Å². The fourth-order valence-electron chi connectivity index (χ4n) is 1.29. The topological polar surface area (TPSA) is 80.7 Å². The van der Waals surface area contributed by atoms with Crippen LogP contribution < -0.4 is 0 Å². The molecule has 0 aliphatic rings. The molecule has 0 saturated carbocycles. The highest BCUT2D eigenvalue weighted by atomic mass is 19.4. The van der Waals surface area contributed by atoms with Crippen molar-refractivity contribution >= 4 is 17.9 Å². The monoisotopic (exact) mass is 606 g/mol. The van der Waals surface area contributed by atoms with Gasteiger partial charge < -0.3 is 9.84 Å². The van der Waals surface area contributed by atoms with Crippen molar-refractivity contribution in [2.75, 3.05) is 0 Å². The van der Waals surface area contributed by atoms with Gasteiger partial charge in [0.2, 0.25) is 5.92 Å². The molecule has 220 valence electrons. The average Bonchev–Trinajstić information content (AvgIpc) is 2.56. The van der Waals surface area contributed by atoms with Crippen molar-refractivity contribution in [1.29, 1.82) is 0 Å². The molecule has 0 heterocycles. The van der Waals surface area contributed by atoms with E-state index in [4.69, 9.17) is 5.11 Å². The molecular weight excluding hydrogens is 604 g/mol. The third-order valence-corrected chi connectivity index (χ3v) is 3.10. The van der Waals surface area contributed by atoms with Crippen LogP contribution in [-0.4, -0.2) is 71.4 Å². The van der Waals surface area contributed by atoms with Crippen LogP contribution in [0.5, 0.6) is 0 Å². The summed E-state index contributed by atoms with van der Waals surface area (Å²) in [4.78, 5) is 30.3. The Hall–Kier alpha value is -2.79. The Balaban J connectivity index is 0. The zero-order valence-corrected chi connectivity index (χ0v) is 15.7. The van der Waals surface area contributed by atoms with E-state index in [0.717, 1.165) is 0 Å². The summed E-state index contributed by atoms with van der Waals surface area (Å²) in [6.07, 6.45) is -26.0. The molecule has 0 atom stereocenters. The van der Waals surface area contributed by atoms with E-state index in [1.165, 1.54) is 0 Å². The van der Waals surface area contributed by atoms with Crippen molar-refractivity contribution in [3.63, 3.8) is 0 Å². The maximum atomic E-state index is 12.6. The molecule has 0 radical (unpaired) electrons. The van der Waals surface area contributed by atoms with Crippen LogP contribution in [0.15, 0.2) is 0 Å². The fourth-order valence-corrected chi connectivity index (χ4v) is 1.29. The van der Waals surface area contributed by atoms with Gasteiger partial charge in [-0.3, -0.25) is 4.79 Å². The van der Waals surface area contributed by atoms with Gasteiger partial charge in [0.25, 0.3) is 0 Å². The van der Waals surface area contributed by atoms with Gasteiger partial charge in [0, 0.05) is 0 Å². The van der Waals surface area contributed by atoms with E-state index in [9.17, 15) is 102 Å². The first-order valence-corrected chi connectivity index (χ1v) is 7.39. The second-order valence-corrected chi connectivity index (χ2v) is 5.82. The molecule has 0 fully saturated rings. The smallest absolute Gasteiger partial charge is 0.460 e. The molecule has 0 rings (SSSR count). The molecule has 0 aromatic rings. The number of carboxylic acid groups (broad SMARTS) is 1. The summed E-state index contributed by atoms with van der Waals surface area (Å²) in [5.41, 5.74) is 0. The molecule has 0 aromatic heterocycles. The summed E-state index contributed by atoms with van der Waals surface area (Å²) in [6, 6.07) is 0. The van der Waals surface area contributed by atoms with Crippen LogP contribution in [-0.2, 0) is 19.1 Å². The van der Waals surface area contributed by atoms with Crippen LogP contribution in [0.2, 0.25) is 0 Å². The van der Waals surface area contributed by atoms with Gasteiger partial charge in [-0.05, 0) is 0 Å². The molecule has 5 nitrogen and oxygen atoms in total. The van der Waals surface area contributed by atoms with Crippen LogP contribution in [0.25, 0.3) is 0 Å². The summed E-state index contributed by atoms with van der Waals surface area (Å²) in [7, 11) is 0. The number of rotatable bonds is 5. The summed E-state index contributed by atoms with van der Waals surface area (Å²) >= 11 is 0. The van der Waals surface area contributed by atoms with Gasteiger partial charge in [0.1, 0.15) is 0 Å². The molecule has 0 bridgehead atoms. The molecule has 0 spiro atoms. The SMILES string of the molecule is O=C(O)C(C(F)(F)F)C(F)(F)F.O=C(OC(=O)C(F)(F)C(F)(F)C(F)(F)F)C(F)(F)C(F)(F)C(F)(F)F. The van der Waals surface area contributed by atoms with Crippen LogP contribution in [0.3, 0.4) is 0 Å². The summed E-state index contributed by atoms with van der Waals surface area (Å²) in [5.74, 6) is -45.0. The van der Waals surface area contributed by atoms with Gasteiger partial charge >= 0.3 is 66.3 Å². The minimum atomic E-state index is -7.33. The van der Waals surface area contributed by atoms with Crippen molar-refractivity contribution in [3.05, 3.63) is 0 Å². The normalized spacial score (nSPS) is 14.6. The first kappa shape index (κ1) is 36.4. The molecule has 25 heteroatoms. The first-order valence-electron chi connectivity index (χ1n) is 7.39. The molecule has 0 amide bonds. The third-order valence-electron chi connectivity index (χ3n) is 3.10. The van der Waals surface area contributed by atoms with E-state index in [1.807, 2.05) is 4.74 Å². The summed E-state index contributed by atoms with van der Waals surface area (Å²) in [5, 5.41) is 7.60. The van der Waals surface area contributed by atoms with E-state index in [-0.39, 0.29) is 0 Å². The Morgan fingerprint density at radius 2 is 0.703 bits per heavy atom. The Morgan fingerprint density at radius 1 is 0.486 bits per heavy atom. The van der Waals surface area contributed by atoms with Crippen LogP contribution >= 0.6 is 0 Å². The van der Waals surface area contributed by atoms with E-state index < -0.39 is 72.2 Å². The lowest BCUT2D eigenvalue weighted by Gasteiger charge is -2.28. The van der Waals surface area contributed by atoms with Gasteiger partial charge in [-0.1, -0.05) is 0 Å². The zero-order chi connectivity index (χ0) is 31.0. The van der Waals surface area contributed by atoms with Gasteiger partial charge in [0.15, 0.2) is 0 Å². The predicted octanol–water partition coefficient (Wildman–Crippen LogP) is 5.53. The lowest BCUT2D eigenvalue weighted by Crippen LogP contribution is -2.60. The highest BCUT2D eigenvalue weighted by Crippen LogP contribution is 2.49. The average molecular weight is 606 g/mol. The largest absolute Gasteiger partial charge is 0.481 e. The van der Waals surface area contributed by atoms with Crippen LogP contribution in [0.1, 0.15) is 0 Å². The fraction of sp³-hybridized carbons (Fsp3) is 0.750. The highest BCUT2D eigenvalue weighted by Gasteiger charge is 2.80. The molecule has 37 heavy (non-hydrogen) atoms. The quantitative estimate of drug-likeness (QED) is 0.253. The predicted molar refractivity (Wildman–Crippen MR) is 66.2 cm³/mol. The highest BCUT2D eigenvalue weighted by molar-refractivity contribution is 5.93. The number of hydrogen-bond acceptors (Lipinski definition) is 4. The Bertz CT molecular complexity index is 782. The maximum Gasteiger partial charge on any atom is 0.460 e. The van der Waals surface area contributed by atoms with Gasteiger partial charge in [-0.2, -0.15) is 87.8 Å². The zero-order valence-electron chi connectivity index (χ0n) is 15.7. The number of carbonyl (C=O) groups excluding carboxylic acids is 2. The minimum absolute atomic E-state index is 2.01. The Kier molecular flexibility index (Phi) is 9.99. The Labute approximate surface area is 185 Å². The lowest BCUT2D eigenvalue weighted by atomic mass is 10.1. The van der Waals surface area contributed by atoms with Gasteiger partial charge in [-0.25, -0.2) is 9.59 Å².